The molecular weight excluding hydrogens is 260 g/mol. The summed E-state index contributed by atoms with van der Waals surface area (Å²) >= 11 is 0. The van der Waals surface area contributed by atoms with Gasteiger partial charge in [-0.25, -0.2) is 4.79 Å². The van der Waals surface area contributed by atoms with Crippen LogP contribution < -0.4 is 16.0 Å². The zero-order valence-corrected chi connectivity index (χ0v) is 11.6. The predicted molar refractivity (Wildman–Crippen MR) is 70.8 cm³/mol. The van der Waals surface area contributed by atoms with Gasteiger partial charge in [0.1, 0.15) is 5.54 Å². The van der Waals surface area contributed by atoms with Crippen LogP contribution in [0.5, 0.6) is 0 Å². The molecule has 3 aliphatic rings. The molecule has 3 aliphatic heterocycles. The number of urea groups is 1. The van der Waals surface area contributed by atoms with Gasteiger partial charge in [-0.05, 0) is 32.7 Å². The summed E-state index contributed by atoms with van der Waals surface area (Å²) in [6.45, 7) is 4.39. The van der Waals surface area contributed by atoms with Crippen LogP contribution in [-0.2, 0) is 9.59 Å². The highest BCUT2D eigenvalue weighted by Crippen LogP contribution is 2.32. The van der Waals surface area contributed by atoms with Crippen LogP contribution in [0.4, 0.5) is 4.79 Å². The largest absolute Gasteiger partial charge is 0.339 e. The summed E-state index contributed by atoms with van der Waals surface area (Å²) in [4.78, 5) is 37.6. The molecule has 0 aromatic heterocycles. The minimum Gasteiger partial charge on any atom is -0.339 e. The van der Waals surface area contributed by atoms with E-state index in [1.54, 1.807) is 4.90 Å². The minimum absolute atomic E-state index is 0.0792. The van der Waals surface area contributed by atoms with E-state index in [1.807, 2.05) is 6.92 Å². The van der Waals surface area contributed by atoms with Gasteiger partial charge in [0.15, 0.2) is 0 Å². The highest BCUT2D eigenvalue weighted by Gasteiger charge is 2.53. The maximum absolute atomic E-state index is 12.7. The van der Waals surface area contributed by atoms with Crippen LogP contribution in [0.15, 0.2) is 0 Å². The summed E-state index contributed by atoms with van der Waals surface area (Å²) in [5, 5.41) is 8.19. The molecule has 2 atom stereocenters. The van der Waals surface area contributed by atoms with E-state index >= 15 is 0 Å². The van der Waals surface area contributed by atoms with Crippen LogP contribution in [0.1, 0.15) is 26.2 Å². The lowest BCUT2D eigenvalue weighted by Crippen LogP contribution is -2.53. The van der Waals surface area contributed by atoms with Crippen molar-refractivity contribution < 1.29 is 14.4 Å². The summed E-state index contributed by atoms with van der Waals surface area (Å²) in [6, 6.07) is -0.463. The molecule has 3 fully saturated rings. The van der Waals surface area contributed by atoms with Gasteiger partial charge in [-0.15, -0.1) is 0 Å². The number of hydrogen-bond donors (Lipinski definition) is 3. The molecule has 7 heteroatoms. The second kappa shape index (κ2) is 4.44. The molecule has 7 nitrogen and oxygen atoms in total. The van der Waals surface area contributed by atoms with Crippen LogP contribution in [-0.4, -0.2) is 54.5 Å². The van der Waals surface area contributed by atoms with Gasteiger partial charge in [-0.1, -0.05) is 0 Å². The highest BCUT2D eigenvalue weighted by molar-refractivity contribution is 6.07. The fourth-order valence-electron chi connectivity index (χ4n) is 3.42. The second-order valence-electron chi connectivity index (χ2n) is 6.31. The third-order valence-corrected chi connectivity index (χ3v) is 4.68. The molecular formula is C13H20N4O3. The molecule has 0 aromatic carbocycles. The smallest absolute Gasteiger partial charge is 0.322 e. The maximum Gasteiger partial charge on any atom is 0.322 e. The third-order valence-electron chi connectivity index (χ3n) is 4.68. The molecule has 3 rings (SSSR count). The van der Waals surface area contributed by atoms with E-state index in [2.05, 4.69) is 16.0 Å². The van der Waals surface area contributed by atoms with E-state index < -0.39 is 17.0 Å². The molecule has 2 unspecified atom stereocenters. The number of rotatable bonds is 1. The van der Waals surface area contributed by atoms with Crippen LogP contribution in [0.3, 0.4) is 0 Å². The number of imide groups is 1. The average Bonchev–Trinajstić information content (AvgIpc) is 2.95. The molecule has 0 aromatic rings. The number of amides is 4. The maximum atomic E-state index is 12.7. The summed E-state index contributed by atoms with van der Waals surface area (Å²) in [6.07, 6.45) is 2.33. The molecule has 3 heterocycles. The quantitative estimate of drug-likeness (QED) is 0.548. The van der Waals surface area contributed by atoms with Gasteiger partial charge in [0.2, 0.25) is 5.91 Å². The van der Waals surface area contributed by atoms with Crippen LogP contribution in [0.2, 0.25) is 0 Å². The Hall–Kier alpha value is -1.63. The summed E-state index contributed by atoms with van der Waals surface area (Å²) < 4.78 is 0. The highest BCUT2D eigenvalue weighted by atomic mass is 16.2. The molecule has 3 saturated heterocycles. The monoisotopic (exact) mass is 280 g/mol. The third kappa shape index (κ3) is 1.96. The Morgan fingerprint density at radius 1 is 1.30 bits per heavy atom. The fourth-order valence-corrected chi connectivity index (χ4v) is 3.42. The van der Waals surface area contributed by atoms with Gasteiger partial charge < -0.3 is 15.5 Å². The van der Waals surface area contributed by atoms with Crippen molar-refractivity contribution in [2.24, 2.45) is 5.41 Å². The van der Waals surface area contributed by atoms with Crippen LogP contribution >= 0.6 is 0 Å². The molecule has 20 heavy (non-hydrogen) atoms. The van der Waals surface area contributed by atoms with Crippen LogP contribution in [0, 0.1) is 5.41 Å². The van der Waals surface area contributed by atoms with Crippen molar-refractivity contribution in [2.45, 2.75) is 31.7 Å². The van der Waals surface area contributed by atoms with Gasteiger partial charge in [-0.3, -0.25) is 14.9 Å². The Morgan fingerprint density at radius 3 is 2.70 bits per heavy atom. The molecule has 0 aliphatic carbocycles. The van der Waals surface area contributed by atoms with Crippen molar-refractivity contribution in [3.8, 4) is 0 Å². The number of piperidine rings is 1. The number of nitrogens with zero attached hydrogens (tertiary/aromatic N) is 1. The molecule has 110 valence electrons. The lowest BCUT2D eigenvalue weighted by molar-refractivity contribution is -0.141. The molecule has 4 amide bonds. The molecule has 1 spiro atoms. The normalized spacial score (nSPS) is 37.1. The number of carbonyl (C=O) groups is 3. The topological polar surface area (TPSA) is 90.5 Å². The van der Waals surface area contributed by atoms with E-state index in [0.29, 0.717) is 19.5 Å². The Bertz CT molecular complexity index is 472. The van der Waals surface area contributed by atoms with Crippen molar-refractivity contribution in [1.29, 1.82) is 0 Å². The molecule has 0 radical (unpaired) electrons. The van der Waals surface area contributed by atoms with E-state index in [1.165, 1.54) is 0 Å². The SMILES string of the molecule is CC1(C(=O)N2CCC3(C2)NC(=O)NC3=O)CCCNC1. The van der Waals surface area contributed by atoms with Crippen molar-refractivity contribution in [2.75, 3.05) is 26.2 Å². The zero-order valence-electron chi connectivity index (χ0n) is 11.6. The zero-order chi connectivity index (χ0) is 14.4. The van der Waals surface area contributed by atoms with Gasteiger partial charge in [-0.2, -0.15) is 0 Å². The number of nitrogens with one attached hydrogen (secondary N) is 3. The van der Waals surface area contributed by atoms with Crippen molar-refractivity contribution in [1.82, 2.24) is 20.9 Å². The van der Waals surface area contributed by atoms with E-state index in [4.69, 9.17) is 0 Å². The van der Waals surface area contributed by atoms with E-state index in [9.17, 15) is 14.4 Å². The predicted octanol–water partition coefficient (Wildman–Crippen LogP) is -0.813. The summed E-state index contributed by atoms with van der Waals surface area (Å²) in [5.41, 5.74) is -1.31. The summed E-state index contributed by atoms with van der Waals surface area (Å²) in [7, 11) is 0. The van der Waals surface area contributed by atoms with Gasteiger partial charge in [0.05, 0.1) is 12.0 Å². The van der Waals surface area contributed by atoms with Crippen molar-refractivity contribution >= 4 is 17.8 Å². The number of hydrogen-bond acceptors (Lipinski definition) is 4. The van der Waals surface area contributed by atoms with Crippen LogP contribution in [0.25, 0.3) is 0 Å². The Labute approximate surface area is 117 Å². The van der Waals surface area contributed by atoms with Crippen molar-refractivity contribution in [3.63, 3.8) is 0 Å². The first-order valence-corrected chi connectivity index (χ1v) is 7.09. The fraction of sp³-hybridized carbons (Fsp3) is 0.769. The molecule has 0 bridgehead atoms. The van der Waals surface area contributed by atoms with Gasteiger partial charge >= 0.3 is 6.03 Å². The first-order valence-electron chi connectivity index (χ1n) is 7.09. The Kier molecular flexibility index (Phi) is 2.97. The Balaban J connectivity index is 1.72. The number of likely N-dealkylation sites (tertiary alicyclic amines) is 1. The van der Waals surface area contributed by atoms with Gasteiger partial charge in [0.25, 0.3) is 5.91 Å². The van der Waals surface area contributed by atoms with Gasteiger partial charge in [0, 0.05) is 13.1 Å². The van der Waals surface area contributed by atoms with E-state index in [0.717, 1.165) is 19.4 Å². The Morgan fingerprint density at radius 2 is 2.10 bits per heavy atom. The number of carbonyl (C=O) groups excluding carboxylic acids is 3. The lowest BCUT2D eigenvalue weighted by atomic mass is 9.81. The van der Waals surface area contributed by atoms with Crippen molar-refractivity contribution in [3.05, 3.63) is 0 Å². The summed E-state index contributed by atoms with van der Waals surface area (Å²) in [5.74, 6) is -0.236. The molecule has 0 saturated carbocycles. The first-order chi connectivity index (χ1) is 9.45. The molecule has 3 N–H and O–H groups in total. The lowest BCUT2D eigenvalue weighted by Gasteiger charge is -2.36. The minimum atomic E-state index is -0.912. The standard InChI is InChI=1S/C13H20N4O3/c1-12(3-2-5-14-7-12)10(19)17-6-4-13(8-17)9(18)15-11(20)16-13/h14H,2-8H2,1H3,(H2,15,16,18,20). The average molecular weight is 280 g/mol. The second-order valence-corrected chi connectivity index (χ2v) is 6.31. The first kappa shape index (κ1) is 13.4. The van der Waals surface area contributed by atoms with E-state index in [-0.39, 0.29) is 18.4 Å².